The lowest BCUT2D eigenvalue weighted by molar-refractivity contribution is 0.0183. The quantitative estimate of drug-likeness (QED) is 0.226. The van der Waals surface area contributed by atoms with Gasteiger partial charge in [-0.2, -0.15) is 8.61 Å². The summed E-state index contributed by atoms with van der Waals surface area (Å²) in [5.41, 5.74) is -0.856. The van der Waals surface area contributed by atoms with E-state index in [1.54, 1.807) is 69.7 Å². The number of hydrogen-bond donors (Lipinski definition) is 0. The second-order valence-corrected chi connectivity index (χ2v) is 22.2. The highest BCUT2D eigenvalue weighted by molar-refractivity contribution is 7.89. The van der Waals surface area contributed by atoms with Crippen molar-refractivity contribution in [2.45, 2.75) is 62.5 Å². The normalized spacial score (nSPS) is 15.4. The van der Waals surface area contributed by atoms with Crippen LogP contribution < -0.4 is 4.74 Å². The maximum absolute atomic E-state index is 13.7. The van der Waals surface area contributed by atoms with Gasteiger partial charge in [0.05, 0.1) is 5.02 Å². The summed E-state index contributed by atoms with van der Waals surface area (Å²) in [5.74, 6) is -0.426. The van der Waals surface area contributed by atoms with Crippen LogP contribution in [0.15, 0.2) is 64.4 Å². The molecule has 64 heavy (non-hydrogen) atoms. The van der Waals surface area contributed by atoms with Gasteiger partial charge in [0.1, 0.15) is 32.5 Å². The lowest BCUT2D eigenvalue weighted by Gasteiger charge is -2.35. The molecule has 0 radical (unpaired) electrons. The Morgan fingerprint density at radius 2 is 0.922 bits per heavy atom. The van der Waals surface area contributed by atoms with E-state index in [1.807, 2.05) is 0 Å². The highest BCUT2D eigenvalue weighted by atomic mass is 35.5. The van der Waals surface area contributed by atoms with Crippen LogP contribution in [0, 0.1) is 0 Å². The Balaban J connectivity index is 0.000000290. The Bertz CT molecular complexity index is 2420. The van der Waals surface area contributed by atoms with Crippen LogP contribution in [-0.4, -0.2) is 161 Å². The molecule has 2 saturated heterocycles. The molecule has 5 rings (SSSR count). The van der Waals surface area contributed by atoms with Gasteiger partial charge in [-0.25, -0.2) is 26.4 Å². The zero-order valence-corrected chi connectivity index (χ0v) is 41.4. The van der Waals surface area contributed by atoms with E-state index in [4.69, 9.17) is 49.0 Å². The zero-order valence-electron chi connectivity index (χ0n) is 37.5. The number of piperazine rings is 2. The van der Waals surface area contributed by atoms with Crippen molar-refractivity contribution in [2.24, 2.45) is 0 Å². The van der Waals surface area contributed by atoms with E-state index >= 15 is 0 Å². The van der Waals surface area contributed by atoms with Crippen LogP contribution >= 0.6 is 34.8 Å². The lowest BCUT2D eigenvalue weighted by Crippen LogP contribution is -2.51. The van der Waals surface area contributed by atoms with Gasteiger partial charge in [0.2, 0.25) is 20.0 Å². The van der Waals surface area contributed by atoms with Crippen molar-refractivity contribution in [3.8, 4) is 11.5 Å². The van der Waals surface area contributed by atoms with E-state index in [0.717, 1.165) is 0 Å². The number of amides is 4. The maximum atomic E-state index is 13.7. The van der Waals surface area contributed by atoms with Crippen molar-refractivity contribution in [1.82, 2.24) is 28.2 Å². The van der Waals surface area contributed by atoms with Crippen molar-refractivity contribution in [3.63, 3.8) is 0 Å². The van der Waals surface area contributed by atoms with Crippen molar-refractivity contribution < 1.29 is 50.2 Å². The van der Waals surface area contributed by atoms with E-state index in [0.29, 0.717) is 10.0 Å². The molecule has 0 aromatic heterocycles. The monoisotopic (exact) mass is 988 g/mol. The minimum Gasteiger partial charge on any atom is -0.456 e. The summed E-state index contributed by atoms with van der Waals surface area (Å²) in [7, 11) is -1.70. The van der Waals surface area contributed by atoms with Gasteiger partial charge in [-0.3, -0.25) is 9.59 Å². The molecule has 0 atom stereocenters. The third-order valence-corrected chi connectivity index (χ3v) is 14.0. The molecular formula is C42H55Cl3N6O11S2. The molecule has 0 aliphatic carbocycles. The molecular weight excluding hydrogens is 935 g/mol. The fourth-order valence-corrected chi connectivity index (χ4v) is 10.1. The Hall–Kier alpha value is -4.37. The molecule has 0 saturated carbocycles. The fraction of sp³-hybridized carbons (Fsp3) is 0.476. The molecule has 2 heterocycles. The predicted molar refractivity (Wildman–Crippen MR) is 244 cm³/mol. The summed E-state index contributed by atoms with van der Waals surface area (Å²) in [6, 6.07) is 12.9. The van der Waals surface area contributed by atoms with Crippen molar-refractivity contribution >= 4 is 78.9 Å². The number of nitrogens with zero attached hydrogens (tertiary/aromatic N) is 6. The van der Waals surface area contributed by atoms with Crippen LogP contribution in [0.5, 0.6) is 11.5 Å². The first-order valence-electron chi connectivity index (χ1n) is 20.0. The molecule has 2 aliphatic heterocycles. The average Bonchev–Trinajstić information content (AvgIpc) is 3.19. The van der Waals surface area contributed by atoms with Crippen LogP contribution in [0.1, 0.15) is 62.3 Å². The van der Waals surface area contributed by atoms with Gasteiger partial charge < -0.3 is 33.8 Å². The van der Waals surface area contributed by atoms with Crippen molar-refractivity contribution in [2.75, 3.05) is 80.5 Å². The summed E-state index contributed by atoms with van der Waals surface area (Å²) in [6.07, 6.45) is -0.971. The summed E-state index contributed by atoms with van der Waals surface area (Å²) in [6.45, 7) is 11.7. The van der Waals surface area contributed by atoms with E-state index in [-0.39, 0.29) is 102 Å². The van der Waals surface area contributed by atoms with Crippen LogP contribution in [-0.2, 0) is 29.5 Å². The second kappa shape index (κ2) is 20.9. The number of sulfonamides is 2. The van der Waals surface area contributed by atoms with Gasteiger partial charge in [-0.15, -0.1) is 0 Å². The van der Waals surface area contributed by atoms with Gasteiger partial charge >= 0.3 is 12.2 Å². The Morgan fingerprint density at radius 3 is 1.31 bits per heavy atom. The van der Waals surface area contributed by atoms with E-state index < -0.39 is 43.4 Å². The van der Waals surface area contributed by atoms with E-state index in [9.17, 15) is 36.0 Å². The van der Waals surface area contributed by atoms with Gasteiger partial charge in [0.15, 0.2) is 0 Å². The molecule has 3 aromatic carbocycles. The summed E-state index contributed by atoms with van der Waals surface area (Å²) >= 11 is 18.3. The summed E-state index contributed by atoms with van der Waals surface area (Å²) < 4.78 is 72.6. The van der Waals surface area contributed by atoms with Gasteiger partial charge in [0, 0.05) is 102 Å². The predicted octanol–water partition coefficient (Wildman–Crippen LogP) is 7.01. The topological polar surface area (TPSA) is 184 Å². The first kappa shape index (κ1) is 52.3. The molecule has 2 fully saturated rings. The third kappa shape index (κ3) is 13.8. The number of carbonyl (C=O) groups excluding carboxylic acids is 4. The largest absolute Gasteiger partial charge is 0.456 e. The Morgan fingerprint density at radius 1 is 0.547 bits per heavy atom. The van der Waals surface area contributed by atoms with Crippen LogP contribution in [0.25, 0.3) is 0 Å². The first-order chi connectivity index (χ1) is 29.5. The highest BCUT2D eigenvalue weighted by Crippen LogP contribution is 2.35. The highest BCUT2D eigenvalue weighted by Gasteiger charge is 2.36. The van der Waals surface area contributed by atoms with Crippen LogP contribution in [0.4, 0.5) is 9.59 Å². The standard InChI is InChI=1S/C24H29Cl2N3O6S.C18H26ClN3O5S/c1-24(2,3)35-23(31)28-8-10-29(11-9-28)36(32,33)21-12-16(22(30)27(4)5)6-7-20(21)34-19-14-17(25)13-18(26)15-19;1-18(2,3)27-17(24)21-8-10-22(11-9-21)28(25,26)15-12-13(6-7-14(15)19)16(23)20(4)5/h6-7,12-15H,8-11H2,1-5H3;6-7,12H,8-11H2,1-5H3. The molecule has 0 bridgehead atoms. The Labute approximate surface area is 390 Å². The van der Waals surface area contributed by atoms with Crippen molar-refractivity contribution in [3.05, 3.63) is 80.8 Å². The van der Waals surface area contributed by atoms with E-state index in [1.165, 1.54) is 82.8 Å². The van der Waals surface area contributed by atoms with Gasteiger partial charge in [-0.05, 0) is 96.1 Å². The zero-order chi connectivity index (χ0) is 48.1. The molecule has 0 unspecified atom stereocenters. The number of rotatable bonds is 8. The van der Waals surface area contributed by atoms with Crippen LogP contribution in [0.2, 0.25) is 15.1 Å². The summed E-state index contributed by atoms with van der Waals surface area (Å²) in [4.78, 5) is 54.6. The number of benzene rings is 3. The minimum absolute atomic E-state index is 0.0122. The first-order valence-corrected chi connectivity index (χ1v) is 24.0. The molecule has 3 aromatic rings. The van der Waals surface area contributed by atoms with E-state index in [2.05, 4.69) is 0 Å². The maximum Gasteiger partial charge on any atom is 0.410 e. The number of halogens is 3. The fourth-order valence-electron chi connectivity index (χ4n) is 6.15. The molecule has 4 amide bonds. The SMILES string of the molecule is CN(C)C(=O)c1ccc(Cl)c(S(=O)(=O)N2CCN(C(=O)OC(C)(C)C)CC2)c1.CN(C)C(=O)c1ccc(Oc2cc(Cl)cc(Cl)c2)c(S(=O)(=O)N2CCN(C(=O)OC(C)(C)C)CC2)c1. The Kier molecular flexibility index (Phi) is 17.0. The summed E-state index contributed by atoms with van der Waals surface area (Å²) in [5, 5.41) is 0.684. The average molecular weight is 990 g/mol. The minimum atomic E-state index is -4.11. The molecule has 22 heteroatoms. The van der Waals surface area contributed by atoms with Crippen molar-refractivity contribution in [1.29, 1.82) is 0 Å². The number of ether oxygens (including phenoxy) is 3. The molecule has 17 nitrogen and oxygen atoms in total. The van der Waals surface area contributed by atoms with Gasteiger partial charge in [-0.1, -0.05) is 34.8 Å². The molecule has 0 spiro atoms. The second-order valence-electron chi connectivity index (χ2n) is 17.2. The molecule has 352 valence electrons. The van der Waals surface area contributed by atoms with Crippen LogP contribution in [0.3, 0.4) is 0 Å². The third-order valence-electron chi connectivity index (χ3n) is 9.26. The lowest BCUT2D eigenvalue weighted by atomic mass is 10.2. The molecule has 2 aliphatic rings. The molecule has 0 N–H and O–H groups in total. The smallest absolute Gasteiger partial charge is 0.410 e. The number of hydrogen-bond acceptors (Lipinski definition) is 11. The van der Waals surface area contributed by atoms with Gasteiger partial charge in [0.25, 0.3) is 11.8 Å². The number of carbonyl (C=O) groups is 4.